The molecule has 0 bridgehead atoms. The lowest BCUT2D eigenvalue weighted by atomic mass is 10.2. The normalized spacial score (nSPS) is 10.4. The number of ketones is 1. The van der Waals surface area contributed by atoms with Crippen LogP contribution < -0.4 is 0 Å². The fraction of sp³-hybridized carbons (Fsp3) is 0. The predicted octanol–water partition coefficient (Wildman–Crippen LogP) is 4.46. The van der Waals surface area contributed by atoms with Gasteiger partial charge in [0.2, 0.25) is 5.78 Å². The number of thiophene rings is 2. The third kappa shape index (κ3) is 1.93. The summed E-state index contributed by atoms with van der Waals surface area (Å²) in [5.74, 6) is 0.0232. The van der Waals surface area contributed by atoms with E-state index in [1.54, 1.807) is 12.1 Å². The van der Waals surface area contributed by atoms with Crippen LogP contribution in [0, 0.1) is 0 Å². The summed E-state index contributed by atoms with van der Waals surface area (Å²) in [6.07, 6.45) is 0. The van der Waals surface area contributed by atoms with Gasteiger partial charge in [-0.05, 0) is 28.1 Å². The van der Waals surface area contributed by atoms with Crippen molar-refractivity contribution in [3.05, 3.63) is 42.1 Å². The van der Waals surface area contributed by atoms with E-state index in [2.05, 4.69) is 15.9 Å². The Bertz CT molecular complexity index is 475. The molecule has 0 fully saturated rings. The number of hydrogen-bond acceptors (Lipinski definition) is 3. The molecule has 0 aliphatic carbocycles. The molecule has 72 valence electrons. The van der Waals surface area contributed by atoms with Crippen molar-refractivity contribution in [3.63, 3.8) is 0 Å². The van der Waals surface area contributed by atoms with Crippen molar-refractivity contribution in [3.8, 4) is 0 Å². The molecule has 0 aromatic carbocycles. The quantitative estimate of drug-likeness (QED) is 0.749. The number of carbonyl (C=O) groups is 1. The van der Waals surface area contributed by atoms with Crippen LogP contribution in [0.15, 0.2) is 27.4 Å². The summed E-state index contributed by atoms with van der Waals surface area (Å²) < 4.78 is 1.48. The average Bonchev–Trinajstić information content (AvgIpc) is 2.73. The van der Waals surface area contributed by atoms with E-state index in [4.69, 9.17) is 11.6 Å². The predicted molar refractivity (Wildman–Crippen MR) is 64.8 cm³/mol. The van der Waals surface area contributed by atoms with Crippen LogP contribution in [0.4, 0.5) is 0 Å². The zero-order valence-electron chi connectivity index (χ0n) is 6.79. The Hall–Kier alpha value is -0.160. The molecule has 2 aromatic rings. The molecule has 0 aliphatic heterocycles. The van der Waals surface area contributed by atoms with E-state index in [0.29, 0.717) is 14.8 Å². The van der Waals surface area contributed by atoms with Gasteiger partial charge >= 0.3 is 0 Å². The lowest BCUT2D eigenvalue weighted by Gasteiger charge is -1.93. The first-order chi connectivity index (χ1) is 6.68. The Morgan fingerprint density at radius 1 is 1.36 bits per heavy atom. The van der Waals surface area contributed by atoms with Gasteiger partial charge in [-0.25, -0.2) is 0 Å². The molecule has 5 heteroatoms. The van der Waals surface area contributed by atoms with Gasteiger partial charge in [-0.1, -0.05) is 11.6 Å². The smallest absolute Gasteiger partial charge is 0.204 e. The Morgan fingerprint density at radius 2 is 2.14 bits per heavy atom. The van der Waals surface area contributed by atoms with E-state index < -0.39 is 0 Å². The number of hydrogen-bond donors (Lipinski definition) is 0. The van der Waals surface area contributed by atoms with E-state index in [1.165, 1.54) is 22.7 Å². The molecule has 14 heavy (non-hydrogen) atoms. The van der Waals surface area contributed by atoms with Crippen LogP contribution in [0.25, 0.3) is 0 Å². The molecular formula is C9H4BrClOS2. The first-order valence-corrected chi connectivity index (χ1v) is 6.63. The fourth-order valence-electron chi connectivity index (χ4n) is 1.01. The minimum absolute atomic E-state index is 0.0232. The van der Waals surface area contributed by atoms with E-state index in [-0.39, 0.29) is 5.78 Å². The fourth-order valence-corrected chi connectivity index (χ4v) is 3.46. The van der Waals surface area contributed by atoms with E-state index in [0.717, 1.165) is 4.47 Å². The van der Waals surface area contributed by atoms with Gasteiger partial charge in [-0.2, -0.15) is 11.3 Å². The highest BCUT2D eigenvalue weighted by Crippen LogP contribution is 2.28. The van der Waals surface area contributed by atoms with Gasteiger partial charge in [-0.15, -0.1) is 11.3 Å². The molecule has 2 aromatic heterocycles. The molecule has 0 saturated heterocycles. The highest BCUT2D eigenvalue weighted by molar-refractivity contribution is 9.10. The second-order valence-corrected chi connectivity index (χ2v) is 5.88. The summed E-state index contributed by atoms with van der Waals surface area (Å²) in [7, 11) is 0. The molecule has 0 saturated carbocycles. The first-order valence-electron chi connectivity index (χ1n) is 3.70. The van der Waals surface area contributed by atoms with Crippen molar-refractivity contribution in [1.29, 1.82) is 0 Å². The Labute approximate surface area is 102 Å². The summed E-state index contributed by atoms with van der Waals surface area (Å²) in [5.41, 5.74) is 0.702. The van der Waals surface area contributed by atoms with Crippen LogP contribution >= 0.6 is 50.2 Å². The Kier molecular flexibility index (Phi) is 3.07. The van der Waals surface area contributed by atoms with E-state index in [9.17, 15) is 4.79 Å². The molecule has 2 rings (SSSR count). The molecular weight excluding hydrogens is 304 g/mol. The standard InChI is InChI=1S/C9H4BrClOS2/c10-6-4-13-3-5(6)9(12)7-1-2-8(11)14-7/h1-4H. The lowest BCUT2D eigenvalue weighted by molar-refractivity contribution is 0.104. The van der Waals surface area contributed by atoms with Crippen molar-refractivity contribution in [2.75, 3.05) is 0 Å². The summed E-state index contributed by atoms with van der Waals surface area (Å²) in [6, 6.07) is 3.49. The average molecular weight is 308 g/mol. The van der Waals surface area contributed by atoms with E-state index in [1.807, 2.05) is 10.8 Å². The molecule has 1 nitrogen and oxygen atoms in total. The van der Waals surface area contributed by atoms with Crippen molar-refractivity contribution in [2.24, 2.45) is 0 Å². The maximum Gasteiger partial charge on any atom is 0.204 e. The minimum atomic E-state index is 0.0232. The molecule has 0 unspecified atom stereocenters. The molecule has 0 aliphatic rings. The molecule has 0 radical (unpaired) electrons. The minimum Gasteiger partial charge on any atom is -0.288 e. The summed E-state index contributed by atoms with van der Waals surface area (Å²) in [6.45, 7) is 0. The number of halogens is 2. The van der Waals surface area contributed by atoms with Gasteiger partial charge in [0.1, 0.15) is 0 Å². The second-order valence-electron chi connectivity index (χ2n) is 2.57. The first kappa shape index (κ1) is 10.4. The maximum absolute atomic E-state index is 11.9. The zero-order valence-corrected chi connectivity index (χ0v) is 10.8. The van der Waals surface area contributed by atoms with Gasteiger partial charge in [-0.3, -0.25) is 4.79 Å². The molecule has 0 atom stereocenters. The van der Waals surface area contributed by atoms with Crippen molar-refractivity contribution in [2.45, 2.75) is 0 Å². The number of carbonyl (C=O) groups excluding carboxylic acids is 1. The van der Waals surface area contributed by atoms with Gasteiger partial charge < -0.3 is 0 Å². The topological polar surface area (TPSA) is 17.1 Å². The van der Waals surface area contributed by atoms with Crippen LogP contribution in [0.5, 0.6) is 0 Å². The van der Waals surface area contributed by atoms with Gasteiger partial charge in [0.25, 0.3) is 0 Å². The van der Waals surface area contributed by atoms with Crippen LogP contribution in [0.3, 0.4) is 0 Å². The van der Waals surface area contributed by atoms with Crippen LogP contribution in [0.2, 0.25) is 4.34 Å². The van der Waals surface area contributed by atoms with Crippen molar-refractivity contribution in [1.82, 2.24) is 0 Å². The molecule has 0 spiro atoms. The monoisotopic (exact) mass is 306 g/mol. The van der Waals surface area contributed by atoms with Gasteiger partial charge in [0.05, 0.1) is 9.21 Å². The summed E-state index contributed by atoms with van der Waals surface area (Å²) in [5, 5.41) is 3.72. The van der Waals surface area contributed by atoms with Crippen LogP contribution in [0.1, 0.15) is 15.2 Å². The Morgan fingerprint density at radius 3 is 2.64 bits per heavy atom. The zero-order chi connectivity index (χ0) is 10.1. The highest BCUT2D eigenvalue weighted by atomic mass is 79.9. The SMILES string of the molecule is O=C(c1ccc(Cl)s1)c1cscc1Br. The maximum atomic E-state index is 11.9. The summed E-state index contributed by atoms with van der Waals surface area (Å²) in [4.78, 5) is 12.5. The third-order valence-corrected chi connectivity index (χ3v) is 4.59. The Balaban J connectivity index is 2.38. The van der Waals surface area contributed by atoms with E-state index >= 15 is 0 Å². The second kappa shape index (κ2) is 4.14. The molecule has 2 heterocycles. The van der Waals surface area contributed by atoms with Gasteiger partial charge in [0.15, 0.2) is 0 Å². The summed E-state index contributed by atoms with van der Waals surface area (Å²) >= 11 is 11.9. The largest absolute Gasteiger partial charge is 0.288 e. The molecule has 0 amide bonds. The van der Waals surface area contributed by atoms with Crippen molar-refractivity contribution < 1.29 is 4.79 Å². The lowest BCUT2D eigenvalue weighted by Crippen LogP contribution is -1.96. The molecule has 0 N–H and O–H groups in total. The highest BCUT2D eigenvalue weighted by Gasteiger charge is 2.14. The van der Waals surface area contributed by atoms with Crippen LogP contribution in [-0.2, 0) is 0 Å². The van der Waals surface area contributed by atoms with Gasteiger partial charge in [0, 0.05) is 20.8 Å². The number of rotatable bonds is 2. The van der Waals surface area contributed by atoms with Crippen molar-refractivity contribution >= 4 is 56.0 Å². The third-order valence-electron chi connectivity index (χ3n) is 1.66. The van der Waals surface area contributed by atoms with Crippen LogP contribution in [-0.4, -0.2) is 5.78 Å².